The first-order chi connectivity index (χ1) is 12.9. The number of alkyl halides is 3. The molecule has 0 bridgehead atoms. The van der Waals surface area contributed by atoms with Gasteiger partial charge in [0.15, 0.2) is 0 Å². The van der Waals surface area contributed by atoms with Crippen molar-refractivity contribution in [1.29, 1.82) is 0 Å². The molecule has 0 spiro atoms. The first kappa shape index (κ1) is 20.0. The summed E-state index contributed by atoms with van der Waals surface area (Å²) in [6, 6.07) is 14.3. The monoisotopic (exact) mass is 374 g/mol. The molecule has 1 saturated carbocycles. The fraction of sp³-hybridized carbons (Fsp3) is 0.500. The summed E-state index contributed by atoms with van der Waals surface area (Å²) in [5, 5.41) is 0. The molecule has 0 amide bonds. The van der Waals surface area contributed by atoms with Gasteiger partial charge in [-0.1, -0.05) is 63.1 Å². The number of hydrogen-bond acceptors (Lipinski definition) is 0. The lowest BCUT2D eigenvalue weighted by Gasteiger charge is -2.29. The molecule has 2 aromatic carbocycles. The van der Waals surface area contributed by atoms with Gasteiger partial charge in [-0.2, -0.15) is 13.2 Å². The smallest absolute Gasteiger partial charge is 0.166 e. The van der Waals surface area contributed by atoms with Crippen LogP contribution in [0.15, 0.2) is 48.5 Å². The SMILES string of the molecule is CCCC1CCC(c2ccc(C(C)c3ccc(C(F)(F)F)cc3)cc2)CC1. The molecule has 0 N–H and O–H groups in total. The second-order valence-electron chi connectivity index (χ2n) is 8.01. The van der Waals surface area contributed by atoms with Crippen molar-refractivity contribution in [3.05, 3.63) is 70.8 Å². The minimum Gasteiger partial charge on any atom is -0.166 e. The van der Waals surface area contributed by atoms with E-state index >= 15 is 0 Å². The Bertz CT molecular complexity index is 705. The molecule has 0 heterocycles. The molecule has 2 aromatic rings. The zero-order chi connectivity index (χ0) is 19.4. The number of halogens is 3. The van der Waals surface area contributed by atoms with Gasteiger partial charge in [0.2, 0.25) is 0 Å². The van der Waals surface area contributed by atoms with Gasteiger partial charge in [-0.3, -0.25) is 0 Å². The maximum atomic E-state index is 12.7. The van der Waals surface area contributed by atoms with Crippen LogP contribution in [0.2, 0.25) is 0 Å². The molecule has 1 aliphatic carbocycles. The summed E-state index contributed by atoms with van der Waals surface area (Å²) >= 11 is 0. The zero-order valence-electron chi connectivity index (χ0n) is 16.2. The average Bonchev–Trinajstić information content (AvgIpc) is 2.68. The van der Waals surface area contributed by atoms with Gasteiger partial charge >= 0.3 is 6.18 Å². The fourth-order valence-corrected chi connectivity index (χ4v) is 4.40. The lowest BCUT2D eigenvalue weighted by Crippen LogP contribution is -2.13. The fourth-order valence-electron chi connectivity index (χ4n) is 4.40. The molecule has 1 fully saturated rings. The van der Waals surface area contributed by atoms with E-state index in [0.717, 1.165) is 17.0 Å². The summed E-state index contributed by atoms with van der Waals surface area (Å²) < 4.78 is 38.2. The normalized spacial score (nSPS) is 21.8. The molecule has 3 rings (SSSR count). The number of hydrogen-bond donors (Lipinski definition) is 0. The van der Waals surface area contributed by atoms with Gasteiger partial charge < -0.3 is 0 Å². The Morgan fingerprint density at radius 2 is 1.37 bits per heavy atom. The van der Waals surface area contributed by atoms with Crippen molar-refractivity contribution in [3.63, 3.8) is 0 Å². The molecule has 0 aromatic heterocycles. The topological polar surface area (TPSA) is 0 Å². The lowest BCUT2D eigenvalue weighted by molar-refractivity contribution is -0.137. The maximum Gasteiger partial charge on any atom is 0.416 e. The van der Waals surface area contributed by atoms with Crippen LogP contribution in [0.4, 0.5) is 13.2 Å². The summed E-state index contributed by atoms with van der Waals surface area (Å²) in [7, 11) is 0. The van der Waals surface area contributed by atoms with Crippen LogP contribution in [0.25, 0.3) is 0 Å². The van der Waals surface area contributed by atoms with Crippen LogP contribution >= 0.6 is 0 Å². The van der Waals surface area contributed by atoms with Crippen LogP contribution in [0.5, 0.6) is 0 Å². The summed E-state index contributed by atoms with van der Waals surface area (Å²) in [6.07, 6.45) is 3.59. The highest BCUT2D eigenvalue weighted by Gasteiger charge is 2.30. The van der Waals surface area contributed by atoms with Gasteiger partial charge in [-0.05, 0) is 66.3 Å². The maximum absolute atomic E-state index is 12.7. The predicted molar refractivity (Wildman–Crippen MR) is 105 cm³/mol. The van der Waals surface area contributed by atoms with Gasteiger partial charge in [0.1, 0.15) is 0 Å². The molecule has 1 aliphatic rings. The lowest BCUT2D eigenvalue weighted by atomic mass is 9.77. The summed E-state index contributed by atoms with van der Waals surface area (Å²) in [4.78, 5) is 0. The minimum atomic E-state index is -4.28. The molecule has 0 nitrogen and oxygen atoms in total. The van der Waals surface area contributed by atoms with Gasteiger partial charge in [-0.15, -0.1) is 0 Å². The van der Waals surface area contributed by atoms with Crippen LogP contribution in [0.3, 0.4) is 0 Å². The first-order valence-electron chi connectivity index (χ1n) is 10.2. The van der Waals surface area contributed by atoms with Crippen LogP contribution < -0.4 is 0 Å². The third-order valence-electron chi connectivity index (χ3n) is 6.19. The number of rotatable bonds is 5. The quantitative estimate of drug-likeness (QED) is 0.498. The second kappa shape index (κ2) is 8.50. The van der Waals surface area contributed by atoms with Crippen molar-refractivity contribution >= 4 is 0 Å². The average molecular weight is 374 g/mol. The predicted octanol–water partition coefficient (Wildman–Crippen LogP) is 7.93. The van der Waals surface area contributed by atoms with Crippen molar-refractivity contribution < 1.29 is 13.2 Å². The molecule has 146 valence electrons. The molecule has 1 unspecified atom stereocenters. The Morgan fingerprint density at radius 1 is 0.852 bits per heavy atom. The third kappa shape index (κ3) is 4.94. The van der Waals surface area contributed by atoms with Crippen molar-refractivity contribution in [3.8, 4) is 0 Å². The highest BCUT2D eigenvalue weighted by molar-refractivity contribution is 5.36. The summed E-state index contributed by atoms with van der Waals surface area (Å²) in [6.45, 7) is 4.32. The van der Waals surface area contributed by atoms with Gasteiger partial charge in [0.25, 0.3) is 0 Å². The molecule has 0 aliphatic heterocycles. The van der Waals surface area contributed by atoms with Crippen molar-refractivity contribution in [2.45, 2.75) is 70.4 Å². The molecule has 0 saturated heterocycles. The van der Waals surface area contributed by atoms with Crippen LogP contribution in [0, 0.1) is 5.92 Å². The van der Waals surface area contributed by atoms with E-state index in [0.29, 0.717) is 5.92 Å². The second-order valence-corrected chi connectivity index (χ2v) is 8.01. The Kier molecular flexibility index (Phi) is 6.29. The van der Waals surface area contributed by atoms with E-state index in [1.807, 2.05) is 6.92 Å². The van der Waals surface area contributed by atoms with Crippen molar-refractivity contribution in [2.24, 2.45) is 5.92 Å². The first-order valence-corrected chi connectivity index (χ1v) is 10.2. The molecular weight excluding hydrogens is 345 g/mol. The van der Waals surface area contributed by atoms with E-state index in [4.69, 9.17) is 0 Å². The third-order valence-corrected chi connectivity index (χ3v) is 6.19. The van der Waals surface area contributed by atoms with E-state index in [-0.39, 0.29) is 5.92 Å². The van der Waals surface area contributed by atoms with Crippen molar-refractivity contribution in [2.75, 3.05) is 0 Å². The summed E-state index contributed by atoms with van der Waals surface area (Å²) in [5.74, 6) is 1.65. The largest absolute Gasteiger partial charge is 0.416 e. The Morgan fingerprint density at radius 3 is 1.85 bits per heavy atom. The van der Waals surface area contributed by atoms with E-state index in [9.17, 15) is 13.2 Å². The number of benzene rings is 2. The zero-order valence-corrected chi connectivity index (χ0v) is 16.2. The highest BCUT2D eigenvalue weighted by atomic mass is 19.4. The Labute approximate surface area is 160 Å². The minimum absolute atomic E-state index is 0.0848. The van der Waals surface area contributed by atoms with Crippen LogP contribution in [-0.2, 0) is 6.18 Å². The van der Waals surface area contributed by atoms with E-state index in [1.54, 1.807) is 12.1 Å². The van der Waals surface area contributed by atoms with Gasteiger partial charge in [0, 0.05) is 5.92 Å². The van der Waals surface area contributed by atoms with Gasteiger partial charge in [-0.25, -0.2) is 0 Å². The Hall–Kier alpha value is -1.77. The van der Waals surface area contributed by atoms with E-state index < -0.39 is 11.7 Å². The molecular formula is C24H29F3. The molecule has 27 heavy (non-hydrogen) atoms. The van der Waals surface area contributed by atoms with Crippen LogP contribution in [0.1, 0.15) is 86.5 Å². The van der Waals surface area contributed by atoms with E-state index in [1.165, 1.54) is 56.2 Å². The van der Waals surface area contributed by atoms with Crippen LogP contribution in [-0.4, -0.2) is 0 Å². The highest BCUT2D eigenvalue weighted by Crippen LogP contribution is 2.38. The van der Waals surface area contributed by atoms with E-state index in [2.05, 4.69) is 31.2 Å². The van der Waals surface area contributed by atoms with Crippen molar-refractivity contribution in [1.82, 2.24) is 0 Å². The van der Waals surface area contributed by atoms with Gasteiger partial charge in [0.05, 0.1) is 5.56 Å². The molecule has 0 radical (unpaired) electrons. The summed E-state index contributed by atoms with van der Waals surface area (Å²) in [5.41, 5.74) is 2.88. The Balaban J connectivity index is 1.65. The molecule has 1 atom stereocenters. The molecule has 3 heteroatoms. The standard InChI is InChI=1S/C24H29F3/c1-3-4-18-5-7-21(8-6-18)22-11-9-19(10-12-22)17(2)20-13-15-23(16-14-20)24(25,26)27/h9-18,21H,3-8H2,1-2H3.